The van der Waals surface area contributed by atoms with Crippen molar-refractivity contribution in [3.05, 3.63) is 40.6 Å². The Hall–Kier alpha value is 0.166. The van der Waals surface area contributed by atoms with Crippen LogP contribution in [0.4, 0.5) is 0 Å². The molecular formula is C14H18KN2O4. The Morgan fingerprint density at radius 3 is 1.95 bits per heavy atom. The Bertz CT molecular complexity index is 544. The Kier molecular flexibility index (Phi) is 5.48. The van der Waals surface area contributed by atoms with Crippen LogP contribution in [0.25, 0.3) is 0 Å². The molecule has 1 aromatic rings. The maximum absolute atomic E-state index is 12.9. The molecule has 0 amide bonds. The van der Waals surface area contributed by atoms with Gasteiger partial charge in [0, 0.05) is 0 Å². The zero-order valence-corrected chi connectivity index (χ0v) is 16.1. The average Bonchev–Trinajstić information content (AvgIpc) is 2.48. The summed E-state index contributed by atoms with van der Waals surface area (Å²) in [5.41, 5.74) is -1.28. The van der Waals surface area contributed by atoms with Crippen LogP contribution in [0.5, 0.6) is 0 Å². The molecule has 1 saturated heterocycles. The van der Waals surface area contributed by atoms with Crippen LogP contribution in [0.1, 0.15) is 43.6 Å². The third-order valence-electron chi connectivity index (χ3n) is 4.47. The van der Waals surface area contributed by atoms with Crippen LogP contribution in [0, 0.1) is 5.21 Å². The topological polar surface area (TPSA) is 99.6 Å². The summed E-state index contributed by atoms with van der Waals surface area (Å²) < 4.78 is 0. The molecule has 2 atom stereocenters. The minimum absolute atomic E-state index is 0. The first kappa shape index (κ1) is 19.2. The van der Waals surface area contributed by atoms with Crippen molar-refractivity contribution in [3.8, 4) is 0 Å². The summed E-state index contributed by atoms with van der Waals surface area (Å²) in [6, 6.07) is 5.27. The number of hydrogen-bond donors (Lipinski definition) is 2. The predicted molar refractivity (Wildman–Crippen MR) is 68.8 cm³/mol. The second-order valence-corrected chi connectivity index (χ2v) is 6.25. The zero-order valence-electron chi connectivity index (χ0n) is 12.9. The monoisotopic (exact) mass is 317 g/mol. The summed E-state index contributed by atoms with van der Waals surface area (Å²) >= 11 is 0. The molecule has 2 N–H and O–H groups in total. The first-order valence-electron chi connectivity index (χ1n) is 6.39. The fourth-order valence-electron chi connectivity index (χ4n) is 2.42. The van der Waals surface area contributed by atoms with Gasteiger partial charge in [0.05, 0.1) is 17.1 Å². The van der Waals surface area contributed by atoms with E-state index in [1.807, 2.05) is 0 Å². The van der Waals surface area contributed by atoms with Crippen LogP contribution in [0.15, 0.2) is 24.3 Å². The van der Waals surface area contributed by atoms with Crippen molar-refractivity contribution < 1.29 is 71.5 Å². The van der Waals surface area contributed by atoms with E-state index in [-0.39, 0.29) is 62.5 Å². The van der Waals surface area contributed by atoms with Crippen LogP contribution in [-0.4, -0.2) is 17.0 Å². The number of rotatable bonds is 2. The molecule has 1 aliphatic rings. The molecule has 6 nitrogen and oxygen atoms in total. The summed E-state index contributed by atoms with van der Waals surface area (Å²) in [4.78, 5) is 10.7. The van der Waals surface area contributed by atoms with Gasteiger partial charge in [0.25, 0.3) is 0 Å². The first-order chi connectivity index (χ1) is 9.02. The van der Waals surface area contributed by atoms with Crippen LogP contribution in [0.2, 0.25) is 0 Å². The van der Waals surface area contributed by atoms with E-state index in [1.165, 1.54) is 24.3 Å². The number of carbonyl (C=O) groups is 1. The van der Waals surface area contributed by atoms with E-state index in [4.69, 9.17) is 0 Å². The van der Waals surface area contributed by atoms with E-state index in [0.29, 0.717) is 0 Å². The van der Waals surface area contributed by atoms with Gasteiger partial charge in [-0.25, -0.2) is 5.32 Å². The van der Waals surface area contributed by atoms with Crippen LogP contribution < -0.4 is 66.9 Å². The third kappa shape index (κ3) is 2.99. The van der Waals surface area contributed by atoms with Crippen LogP contribution in [0.3, 0.4) is 0 Å². The summed E-state index contributed by atoms with van der Waals surface area (Å²) in [5.74, 6) is -3.37. The van der Waals surface area contributed by atoms with Gasteiger partial charge in [0.15, 0.2) is 0 Å². The van der Waals surface area contributed by atoms with E-state index >= 15 is 0 Å². The zero-order chi connectivity index (χ0) is 15.3. The van der Waals surface area contributed by atoms with Crippen molar-refractivity contribution in [1.29, 1.82) is 0 Å². The van der Waals surface area contributed by atoms with Crippen molar-refractivity contribution in [2.45, 2.75) is 44.6 Å². The standard InChI is InChI=1S/C14H19N2O4.K/c1-12(2)13(3,4)16(20)14(19,15-12)10-7-5-9(6-8-10)11(17)18;/h5-8,15-16H,1-4H3,(H,17,18);/q;+1/p-1. The molecule has 0 spiro atoms. The predicted octanol–water partition coefficient (Wildman–Crippen LogP) is -3.86. The summed E-state index contributed by atoms with van der Waals surface area (Å²) in [7, 11) is 0. The molecule has 1 fully saturated rings. The molecule has 7 heteroatoms. The minimum Gasteiger partial charge on any atom is -0.630 e. The molecule has 0 saturated carbocycles. The van der Waals surface area contributed by atoms with E-state index < -0.39 is 28.0 Å². The van der Waals surface area contributed by atoms with E-state index in [0.717, 1.165) is 0 Å². The quantitative estimate of drug-likeness (QED) is 0.431. The van der Waals surface area contributed by atoms with Crippen molar-refractivity contribution in [1.82, 2.24) is 5.32 Å². The molecule has 2 rings (SSSR count). The molecule has 1 heterocycles. The molecule has 1 aromatic carbocycles. The van der Waals surface area contributed by atoms with Crippen molar-refractivity contribution in [2.75, 3.05) is 0 Å². The third-order valence-corrected chi connectivity index (χ3v) is 4.47. The fourth-order valence-corrected chi connectivity index (χ4v) is 2.42. The number of nitrogens with one attached hydrogen (secondary N) is 2. The normalized spacial score (nSPS) is 29.7. The minimum atomic E-state index is -2.06. The molecule has 109 valence electrons. The molecule has 0 aliphatic carbocycles. The van der Waals surface area contributed by atoms with Crippen LogP contribution >= 0.6 is 0 Å². The van der Waals surface area contributed by atoms with Gasteiger partial charge in [-0.15, -0.1) is 5.11 Å². The second-order valence-electron chi connectivity index (χ2n) is 6.25. The largest absolute Gasteiger partial charge is 1.00 e. The van der Waals surface area contributed by atoms with Gasteiger partial charge in [0.1, 0.15) is 5.54 Å². The van der Waals surface area contributed by atoms with Crippen LogP contribution in [-0.2, 0) is 11.0 Å². The Morgan fingerprint density at radius 1 is 1.14 bits per heavy atom. The molecule has 1 radical (unpaired) electrons. The Labute approximate surface area is 166 Å². The van der Waals surface area contributed by atoms with Gasteiger partial charge < -0.3 is 20.2 Å². The molecule has 21 heavy (non-hydrogen) atoms. The number of quaternary nitrogens is 1. The van der Waals surface area contributed by atoms with Gasteiger partial charge in [-0.05, 0) is 45.4 Å². The van der Waals surface area contributed by atoms with Gasteiger partial charge in [-0.3, -0.25) is 0 Å². The molecule has 0 bridgehead atoms. The number of hydroxylamine groups is 2. The summed E-state index contributed by atoms with van der Waals surface area (Å²) in [6.07, 6.45) is 0. The van der Waals surface area contributed by atoms with Crippen molar-refractivity contribution in [3.63, 3.8) is 0 Å². The van der Waals surface area contributed by atoms with Gasteiger partial charge in [0.2, 0.25) is 0 Å². The average molecular weight is 317 g/mol. The van der Waals surface area contributed by atoms with E-state index in [1.54, 1.807) is 27.7 Å². The number of hydrogen-bond acceptors (Lipinski definition) is 4. The van der Waals surface area contributed by atoms with E-state index in [2.05, 4.69) is 5.32 Å². The molecule has 2 unspecified atom stereocenters. The fraction of sp³-hybridized carbons (Fsp3) is 0.500. The van der Waals surface area contributed by atoms with Gasteiger partial charge in [-0.1, -0.05) is 12.1 Å². The van der Waals surface area contributed by atoms with Gasteiger partial charge >= 0.3 is 57.2 Å². The van der Waals surface area contributed by atoms with Gasteiger partial charge in [-0.2, -0.15) is 0 Å². The SMILES string of the molecule is CC1(C)NC([O])(c2ccc(C(=O)[O-])cc2)[NH+]([O-])C1(C)C.[K+]. The number of carbonyl (C=O) groups excluding carboxylic acids is 1. The molecule has 0 aromatic heterocycles. The van der Waals surface area contributed by atoms with Crippen molar-refractivity contribution >= 4 is 5.97 Å². The first-order valence-corrected chi connectivity index (χ1v) is 6.39. The maximum Gasteiger partial charge on any atom is 1.00 e. The van der Waals surface area contributed by atoms with E-state index in [9.17, 15) is 20.2 Å². The Morgan fingerprint density at radius 2 is 1.62 bits per heavy atom. The smallest absolute Gasteiger partial charge is 0.630 e. The molecule has 1 aliphatic heterocycles. The maximum atomic E-state index is 12.9. The summed E-state index contributed by atoms with van der Waals surface area (Å²) in [5, 5.41) is 38.5. The number of benzene rings is 1. The second kappa shape index (κ2) is 5.99. The van der Waals surface area contributed by atoms with Crippen molar-refractivity contribution in [2.24, 2.45) is 0 Å². The Balaban J connectivity index is 0.00000220. The number of aromatic carboxylic acids is 1. The number of carboxylic acid groups (broad SMARTS) is 1. The number of carboxylic acids is 1. The summed E-state index contributed by atoms with van der Waals surface area (Å²) in [6.45, 7) is 7.08. The molecular weight excluding hydrogens is 299 g/mol.